The van der Waals surface area contributed by atoms with Gasteiger partial charge in [0.2, 0.25) is 0 Å². The van der Waals surface area contributed by atoms with Gasteiger partial charge in [0.15, 0.2) is 5.78 Å². The Balaban J connectivity index is 1.96. The van der Waals surface area contributed by atoms with Gasteiger partial charge in [-0.15, -0.1) is 0 Å². The fourth-order valence-electron chi connectivity index (χ4n) is 3.05. The third kappa shape index (κ3) is 2.82. The summed E-state index contributed by atoms with van der Waals surface area (Å²) < 4.78 is 0. The van der Waals surface area contributed by atoms with Crippen molar-refractivity contribution in [3.05, 3.63) is 44.5 Å². The van der Waals surface area contributed by atoms with Gasteiger partial charge in [-0.2, -0.15) is 0 Å². The number of aromatic amines is 2. The highest BCUT2D eigenvalue weighted by molar-refractivity contribution is 6.00. The largest absolute Gasteiger partial charge is 0.316 e. The molecule has 0 atom stereocenters. The van der Waals surface area contributed by atoms with Crippen molar-refractivity contribution in [2.24, 2.45) is 5.92 Å². The minimum atomic E-state index is -0.693. The predicted octanol–water partition coefficient (Wildman–Crippen LogP) is 2.37. The second-order valence-electron chi connectivity index (χ2n) is 5.72. The third-order valence-corrected chi connectivity index (χ3v) is 4.23. The van der Waals surface area contributed by atoms with E-state index in [1.165, 1.54) is 12.8 Å². The van der Waals surface area contributed by atoms with E-state index in [-0.39, 0.29) is 11.7 Å². The molecule has 1 aromatic heterocycles. The van der Waals surface area contributed by atoms with Crippen molar-refractivity contribution in [2.75, 3.05) is 0 Å². The Kier molecular flexibility index (Phi) is 3.73. The summed E-state index contributed by atoms with van der Waals surface area (Å²) in [5.41, 5.74) is 0.278. The molecule has 0 unspecified atom stereocenters. The second kappa shape index (κ2) is 5.68. The van der Waals surface area contributed by atoms with Gasteiger partial charge in [-0.25, -0.2) is 0 Å². The van der Waals surface area contributed by atoms with Crippen molar-refractivity contribution < 1.29 is 4.79 Å². The summed E-state index contributed by atoms with van der Waals surface area (Å²) in [5, 5.41) is 0. The van der Waals surface area contributed by atoms with Crippen LogP contribution >= 0.6 is 0 Å². The minimum absolute atomic E-state index is 0.0828. The van der Waals surface area contributed by atoms with Crippen LogP contribution in [0, 0.1) is 5.92 Å². The van der Waals surface area contributed by atoms with E-state index in [0.717, 1.165) is 25.7 Å². The Morgan fingerprint density at radius 2 is 1.52 bits per heavy atom. The maximum Gasteiger partial charge on any atom is 0.314 e. The Morgan fingerprint density at radius 3 is 2.19 bits per heavy atom. The SMILES string of the molecule is O=C(c1ccc2[nH]c(=O)c(=O)[nH]c2c1)C1CCCCCC1. The number of benzene rings is 1. The molecular weight excluding hydrogens is 268 g/mol. The fraction of sp³-hybridized carbons (Fsp3) is 0.438. The van der Waals surface area contributed by atoms with E-state index in [1.807, 2.05) is 0 Å². The van der Waals surface area contributed by atoms with Gasteiger partial charge in [0, 0.05) is 11.5 Å². The van der Waals surface area contributed by atoms with Crippen molar-refractivity contribution in [1.82, 2.24) is 9.97 Å². The molecule has 0 saturated heterocycles. The maximum absolute atomic E-state index is 12.6. The summed E-state index contributed by atoms with van der Waals surface area (Å²) in [7, 11) is 0. The standard InChI is InChI=1S/C16H18N2O3/c19-14(10-5-3-1-2-4-6-10)11-7-8-12-13(9-11)18-16(21)15(20)17-12/h7-10H,1-6H2,(H,17,20)(H,18,21). The summed E-state index contributed by atoms with van der Waals surface area (Å²) >= 11 is 0. The molecule has 3 rings (SSSR count). The number of fused-ring (bicyclic) bond motifs is 1. The predicted molar refractivity (Wildman–Crippen MR) is 80.7 cm³/mol. The summed E-state index contributed by atoms with van der Waals surface area (Å²) in [6, 6.07) is 5.07. The van der Waals surface area contributed by atoms with Crippen molar-refractivity contribution in [2.45, 2.75) is 38.5 Å². The second-order valence-corrected chi connectivity index (χ2v) is 5.72. The van der Waals surface area contributed by atoms with Gasteiger partial charge in [0.05, 0.1) is 11.0 Å². The lowest BCUT2D eigenvalue weighted by molar-refractivity contribution is 0.0908. The smallest absolute Gasteiger partial charge is 0.314 e. The number of ketones is 1. The summed E-state index contributed by atoms with van der Waals surface area (Å²) in [6.45, 7) is 0. The highest BCUT2D eigenvalue weighted by Crippen LogP contribution is 2.26. The van der Waals surface area contributed by atoms with Crippen LogP contribution in [0.5, 0.6) is 0 Å². The summed E-state index contributed by atoms with van der Waals surface area (Å²) in [5.74, 6) is 0.227. The van der Waals surface area contributed by atoms with Gasteiger partial charge in [-0.1, -0.05) is 25.7 Å². The zero-order chi connectivity index (χ0) is 14.8. The molecule has 1 aliphatic carbocycles. The van der Waals surface area contributed by atoms with Gasteiger partial charge in [-0.05, 0) is 31.0 Å². The quantitative estimate of drug-likeness (QED) is 0.505. The van der Waals surface area contributed by atoms with Crippen molar-refractivity contribution in [3.63, 3.8) is 0 Å². The zero-order valence-corrected chi connectivity index (χ0v) is 11.8. The summed E-state index contributed by atoms with van der Waals surface area (Å²) in [6.07, 6.45) is 6.51. The van der Waals surface area contributed by atoms with Crippen molar-refractivity contribution >= 4 is 16.8 Å². The van der Waals surface area contributed by atoms with E-state index < -0.39 is 11.1 Å². The molecule has 5 heteroatoms. The molecule has 21 heavy (non-hydrogen) atoms. The first-order chi connectivity index (χ1) is 10.1. The van der Waals surface area contributed by atoms with Gasteiger partial charge in [0.25, 0.3) is 0 Å². The molecule has 0 aliphatic heterocycles. The van der Waals surface area contributed by atoms with E-state index in [1.54, 1.807) is 18.2 Å². The molecule has 0 spiro atoms. The van der Waals surface area contributed by atoms with Gasteiger partial charge >= 0.3 is 11.1 Å². The van der Waals surface area contributed by atoms with E-state index in [9.17, 15) is 14.4 Å². The molecule has 2 N–H and O–H groups in total. The number of carbonyl (C=O) groups excluding carboxylic acids is 1. The van der Waals surface area contributed by atoms with E-state index in [4.69, 9.17) is 0 Å². The molecule has 0 amide bonds. The highest BCUT2D eigenvalue weighted by Gasteiger charge is 2.21. The number of H-pyrrole nitrogens is 2. The highest BCUT2D eigenvalue weighted by atomic mass is 16.2. The number of aromatic nitrogens is 2. The molecular formula is C16H18N2O3. The van der Waals surface area contributed by atoms with Gasteiger partial charge < -0.3 is 9.97 Å². The molecule has 1 aliphatic rings. The van der Waals surface area contributed by atoms with Crippen molar-refractivity contribution in [1.29, 1.82) is 0 Å². The molecule has 1 aromatic carbocycles. The third-order valence-electron chi connectivity index (χ3n) is 4.23. The lowest BCUT2D eigenvalue weighted by Crippen LogP contribution is -2.29. The number of Topliss-reactive ketones (excluding diaryl/α,β-unsaturated/α-hetero) is 1. The van der Waals surface area contributed by atoms with Crippen LogP contribution < -0.4 is 11.1 Å². The first-order valence-electron chi connectivity index (χ1n) is 7.46. The minimum Gasteiger partial charge on any atom is -0.316 e. The monoisotopic (exact) mass is 286 g/mol. The number of nitrogens with one attached hydrogen (secondary N) is 2. The topological polar surface area (TPSA) is 82.8 Å². The average Bonchev–Trinajstić information content (AvgIpc) is 2.76. The van der Waals surface area contributed by atoms with Crippen LogP contribution in [-0.4, -0.2) is 15.8 Å². The van der Waals surface area contributed by atoms with Crippen LogP contribution in [0.1, 0.15) is 48.9 Å². The Hall–Kier alpha value is -2.17. The molecule has 2 aromatic rings. The number of carbonyl (C=O) groups is 1. The number of rotatable bonds is 2. The molecule has 1 fully saturated rings. The lowest BCUT2D eigenvalue weighted by atomic mass is 9.91. The molecule has 5 nitrogen and oxygen atoms in total. The molecule has 0 radical (unpaired) electrons. The van der Waals surface area contributed by atoms with Gasteiger partial charge in [-0.3, -0.25) is 14.4 Å². The first kappa shape index (κ1) is 13.8. The van der Waals surface area contributed by atoms with Crippen LogP contribution in [-0.2, 0) is 0 Å². The van der Waals surface area contributed by atoms with Gasteiger partial charge in [0.1, 0.15) is 0 Å². The molecule has 1 heterocycles. The number of hydrogen-bond acceptors (Lipinski definition) is 3. The number of hydrogen-bond donors (Lipinski definition) is 2. The lowest BCUT2D eigenvalue weighted by Gasteiger charge is -2.13. The van der Waals surface area contributed by atoms with Crippen molar-refractivity contribution in [3.8, 4) is 0 Å². The molecule has 1 saturated carbocycles. The van der Waals surface area contributed by atoms with Crippen LogP contribution in [0.4, 0.5) is 0 Å². The Morgan fingerprint density at radius 1 is 0.905 bits per heavy atom. The summed E-state index contributed by atoms with van der Waals surface area (Å²) in [4.78, 5) is 40.3. The Bertz CT molecular complexity index is 780. The van der Waals surface area contributed by atoms with Crippen LogP contribution in [0.3, 0.4) is 0 Å². The van der Waals surface area contributed by atoms with Crippen LogP contribution in [0.2, 0.25) is 0 Å². The van der Waals surface area contributed by atoms with E-state index >= 15 is 0 Å². The fourth-order valence-corrected chi connectivity index (χ4v) is 3.05. The van der Waals surface area contributed by atoms with Crippen LogP contribution in [0.25, 0.3) is 11.0 Å². The first-order valence-corrected chi connectivity index (χ1v) is 7.46. The Labute approximate surface area is 121 Å². The van der Waals surface area contributed by atoms with E-state index in [2.05, 4.69) is 9.97 Å². The van der Waals surface area contributed by atoms with E-state index in [0.29, 0.717) is 16.6 Å². The normalized spacial score (nSPS) is 16.8. The maximum atomic E-state index is 12.6. The average molecular weight is 286 g/mol. The van der Waals surface area contributed by atoms with Crippen LogP contribution in [0.15, 0.2) is 27.8 Å². The molecule has 0 bridgehead atoms. The molecule has 110 valence electrons. The zero-order valence-electron chi connectivity index (χ0n) is 11.8.